The topological polar surface area (TPSA) is 53.4 Å². The second-order valence-corrected chi connectivity index (χ2v) is 6.72. The first kappa shape index (κ1) is 17.6. The van der Waals surface area contributed by atoms with E-state index >= 15 is 0 Å². The summed E-state index contributed by atoms with van der Waals surface area (Å²) in [5.41, 5.74) is 0.00426. The van der Waals surface area contributed by atoms with E-state index in [0.29, 0.717) is 15.8 Å². The van der Waals surface area contributed by atoms with Crippen LogP contribution in [0, 0.1) is 5.41 Å². The molecular weight excluding hydrogens is 339 g/mol. The molecule has 0 unspecified atom stereocenters. The van der Waals surface area contributed by atoms with E-state index < -0.39 is 5.41 Å². The number of nitrogens with zero attached hydrogens (tertiary/aromatic N) is 2. The third-order valence-corrected chi connectivity index (χ3v) is 3.69. The summed E-state index contributed by atoms with van der Waals surface area (Å²) in [5, 5.41) is 0.952. The van der Waals surface area contributed by atoms with Crippen molar-refractivity contribution < 1.29 is 14.3 Å². The zero-order valence-corrected chi connectivity index (χ0v) is 14.7. The number of benzene rings is 1. The van der Waals surface area contributed by atoms with E-state index in [2.05, 4.69) is 4.98 Å². The Bertz CT molecular complexity index is 678. The van der Waals surface area contributed by atoms with Gasteiger partial charge >= 0.3 is 5.97 Å². The molecule has 0 fully saturated rings. The van der Waals surface area contributed by atoms with Gasteiger partial charge in [-0.2, -0.15) is 0 Å². The van der Waals surface area contributed by atoms with Crippen LogP contribution >= 0.6 is 23.2 Å². The lowest BCUT2D eigenvalue weighted by molar-refractivity contribution is -0.157. The first-order valence-electron chi connectivity index (χ1n) is 6.99. The van der Waals surface area contributed by atoms with Crippen LogP contribution in [-0.2, 0) is 23.2 Å². The fraction of sp³-hybridized carbons (Fsp3) is 0.375. The van der Waals surface area contributed by atoms with Gasteiger partial charge in [0, 0.05) is 17.1 Å². The van der Waals surface area contributed by atoms with Crippen molar-refractivity contribution >= 4 is 29.2 Å². The monoisotopic (exact) mass is 356 g/mol. The minimum Gasteiger partial charge on any atom is -0.492 e. The van der Waals surface area contributed by atoms with Crippen LogP contribution in [0.15, 0.2) is 30.7 Å². The summed E-state index contributed by atoms with van der Waals surface area (Å²) >= 11 is 11.8. The molecule has 23 heavy (non-hydrogen) atoms. The number of hydrogen-bond donors (Lipinski definition) is 0. The molecule has 2 rings (SSSR count). The van der Waals surface area contributed by atoms with Crippen molar-refractivity contribution in [1.82, 2.24) is 9.55 Å². The van der Waals surface area contributed by atoms with E-state index in [1.54, 1.807) is 49.1 Å². The molecule has 0 aliphatic heterocycles. The van der Waals surface area contributed by atoms with Crippen molar-refractivity contribution in [3.63, 3.8) is 0 Å². The van der Waals surface area contributed by atoms with Crippen LogP contribution in [0.2, 0.25) is 10.0 Å². The number of imidazole rings is 1. The molecular formula is C16H18Cl2N2O3. The number of halogens is 2. The lowest BCUT2D eigenvalue weighted by Gasteiger charge is -2.23. The number of carbonyl (C=O) groups excluding carboxylic acids is 1. The Morgan fingerprint density at radius 3 is 2.48 bits per heavy atom. The Labute approximate surface area is 145 Å². The second kappa shape index (κ2) is 7.23. The fourth-order valence-corrected chi connectivity index (χ4v) is 2.30. The minimum atomic E-state index is -0.812. The third-order valence-electron chi connectivity index (χ3n) is 3.26. The highest BCUT2D eigenvalue weighted by Crippen LogP contribution is 2.26. The lowest BCUT2D eigenvalue weighted by Crippen LogP contribution is -2.33. The quantitative estimate of drug-likeness (QED) is 0.737. The van der Waals surface area contributed by atoms with Crippen molar-refractivity contribution in [1.29, 1.82) is 0 Å². The third kappa shape index (κ3) is 4.88. The van der Waals surface area contributed by atoms with Crippen LogP contribution in [0.25, 0.3) is 0 Å². The molecule has 1 aromatic carbocycles. The maximum atomic E-state index is 12.2. The summed E-state index contributed by atoms with van der Waals surface area (Å²) in [5.74, 6) is 0.154. The Hall–Kier alpha value is -1.72. The summed E-state index contributed by atoms with van der Waals surface area (Å²) in [6.45, 7) is 3.82. The van der Waals surface area contributed by atoms with E-state index in [4.69, 9.17) is 32.7 Å². The van der Waals surface area contributed by atoms with Crippen molar-refractivity contribution in [3.05, 3.63) is 46.5 Å². The van der Waals surface area contributed by atoms with E-state index in [1.807, 2.05) is 7.05 Å². The smallest absolute Gasteiger partial charge is 0.315 e. The molecule has 1 heterocycles. The van der Waals surface area contributed by atoms with Gasteiger partial charge < -0.3 is 14.0 Å². The predicted octanol–water partition coefficient (Wildman–Crippen LogP) is 3.88. The lowest BCUT2D eigenvalue weighted by atomic mass is 9.95. The molecule has 0 amide bonds. The Kier molecular flexibility index (Phi) is 5.55. The van der Waals surface area contributed by atoms with Crippen molar-refractivity contribution in [3.8, 4) is 5.75 Å². The van der Waals surface area contributed by atoms with Crippen LogP contribution < -0.4 is 4.74 Å². The number of aryl methyl sites for hydroxylation is 1. The van der Waals surface area contributed by atoms with E-state index in [0.717, 1.165) is 5.69 Å². The molecule has 0 aliphatic carbocycles. The standard InChI is InChI=1S/C16H18Cl2N2O3/c1-16(2,9-23-14-5-11(17)4-12(18)6-14)15(21)22-8-13-7-19-10-20(13)3/h4-7,10H,8-9H2,1-3H3. The molecule has 0 atom stereocenters. The molecule has 0 spiro atoms. The van der Waals surface area contributed by atoms with Crippen LogP contribution in [0.3, 0.4) is 0 Å². The van der Waals surface area contributed by atoms with Crippen LogP contribution in [0.4, 0.5) is 0 Å². The summed E-state index contributed by atoms with van der Waals surface area (Å²) in [6.07, 6.45) is 3.31. The maximum absolute atomic E-state index is 12.2. The highest BCUT2D eigenvalue weighted by Gasteiger charge is 2.31. The molecule has 0 saturated carbocycles. The summed E-state index contributed by atoms with van der Waals surface area (Å²) in [6, 6.07) is 4.90. The summed E-state index contributed by atoms with van der Waals surface area (Å²) in [4.78, 5) is 16.2. The predicted molar refractivity (Wildman–Crippen MR) is 88.7 cm³/mol. The number of aromatic nitrogens is 2. The number of hydrogen-bond acceptors (Lipinski definition) is 4. The Balaban J connectivity index is 1.92. The number of rotatable bonds is 6. The fourth-order valence-electron chi connectivity index (χ4n) is 1.79. The Morgan fingerprint density at radius 1 is 1.26 bits per heavy atom. The average molecular weight is 357 g/mol. The Morgan fingerprint density at radius 2 is 1.91 bits per heavy atom. The van der Waals surface area contributed by atoms with Crippen LogP contribution in [-0.4, -0.2) is 22.1 Å². The number of carbonyl (C=O) groups is 1. The molecule has 7 heteroatoms. The number of ether oxygens (including phenoxy) is 2. The van der Waals surface area contributed by atoms with Gasteiger partial charge in [0.05, 0.1) is 23.6 Å². The molecule has 0 radical (unpaired) electrons. The van der Waals surface area contributed by atoms with Crippen LogP contribution in [0.5, 0.6) is 5.75 Å². The first-order valence-corrected chi connectivity index (χ1v) is 7.75. The zero-order chi connectivity index (χ0) is 17.0. The van der Waals surface area contributed by atoms with Crippen LogP contribution in [0.1, 0.15) is 19.5 Å². The van der Waals surface area contributed by atoms with Crippen molar-refractivity contribution in [2.75, 3.05) is 6.61 Å². The molecule has 0 aliphatic rings. The summed E-state index contributed by atoms with van der Waals surface area (Å²) in [7, 11) is 1.84. The van der Waals surface area contributed by atoms with Gasteiger partial charge in [-0.05, 0) is 32.0 Å². The zero-order valence-electron chi connectivity index (χ0n) is 13.2. The van der Waals surface area contributed by atoms with E-state index in [-0.39, 0.29) is 19.2 Å². The number of esters is 1. The molecule has 0 N–H and O–H groups in total. The highest BCUT2D eigenvalue weighted by molar-refractivity contribution is 6.34. The normalized spacial score (nSPS) is 11.3. The highest BCUT2D eigenvalue weighted by atomic mass is 35.5. The van der Waals surface area contributed by atoms with Crippen molar-refractivity contribution in [2.24, 2.45) is 12.5 Å². The van der Waals surface area contributed by atoms with Gasteiger partial charge in [-0.15, -0.1) is 0 Å². The van der Waals surface area contributed by atoms with E-state index in [1.165, 1.54) is 0 Å². The van der Waals surface area contributed by atoms with Gasteiger partial charge in [0.1, 0.15) is 19.0 Å². The first-order chi connectivity index (χ1) is 10.8. The molecule has 0 saturated heterocycles. The van der Waals surface area contributed by atoms with Gasteiger partial charge in [0.25, 0.3) is 0 Å². The maximum Gasteiger partial charge on any atom is 0.315 e. The largest absolute Gasteiger partial charge is 0.492 e. The molecule has 2 aromatic rings. The van der Waals surface area contributed by atoms with Gasteiger partial charge in [-0.3, -0.25) is 4.79 Å². The minimum absolute atomic E-state index is 0.147. The molecule has 124 valence electrons. The average Bonchev–Trinajstić information content (AvgIpc) is 2.87. The van der Waals surface area contributed by atoms with Crippen molar-refractivity contribution in [2.45, 2.75) is 20.5 Å². The molecule has 0 bridgehead atoms. The van der Waals surface area contributed by atoms with Gasteiger partial charge in [-0.25, -0.2) is 4.98 Å². The van der Waals surface area contributed by atoms with Gasteiger partial charge in [0.15, 0.2) is 0 Å². The van der Waals surface area contributed by atoms with Gasteiger partial charge in [0.2, 0.25) is 0 Å². The molecule has 5 nitrogen and oxygen atoms in total. The molecule has 1 aromatic heterocycles. The SMILES string of the molecule is Cn1cncc1COC(=O)C(C)(C)COc1cc(Cl)cc(Cl)c1. The van der Waals surface area contributed by atoms with Gasteiger partial charge in [-0.1, -0.05) is 23.2 Å². The summed E-state index contributed by atoms with van der Waals surface area (Å²) < 4.78 is 12.8. The second-order valence-electron chi connectivity index (χ2n) is 5.85. The van der Waals surface area contributed by atoms with E-state index in [9.17, 15) is 4.79 Å².